The molecular formula is C88H89N6+3. The predicted octanol–water partition coefficient (Wildman–Crippen LogP) is 21.2. The number of aromatic nitrogens is 6. The molecular weight excluding hydrogens is 1140 g/mol. The summed E-state index contributed by atoms with van der Waals surface area (Å²) < 4.78 is 14.1. The van der Waals surface area contributed by atoms with Crippen LogP contribution in [0.3, 0.4) is 0 Å². The van der Waals surface area contributed by atoms with Gasteiger partial charge in [-0.3, -0.25) is 0 Å². The van der Waals surface area contributed by atoms with E-state index in [0.29, 0.717) is 11.8 Å². The SMILES string of the molecule is Cc1c[n+](C)c(-n2c3ccccc3c3cccc(C)c32)cc1-c1c(C(C)C)cccc1C(C)C.Cc1c[n+](C)c(-n2c3ccccc3c3cccc(C)c32)cc1-c1c(C)cccc1C.Cc1cc(-n2c3ccccc3c3cccc(C)c32)[n+](C)cc1-c1c(C)cccc1C. The van der Waals surface area contributed by atoms with Crippen LogP contribution in [0.4, 0.5) is 0 Å². The Hall–Kier alpha value is -10.2. The Morgan fingerprint density at radius 3 is 0.915 bits per heavy atom. The van der Waals surface area contributed by atoms with Crippen molar-refractivity contribution in [1.82, 2.24) is 13.7 Å². The van der Waals surface area contributed by atoms with Crippen LogP contribution >= 0.6 is 0 Å². The molecule has 6 aromatic heterocycles. The highest BCUT2D eigenvalue weighted by Crippen LogP contribution is 2.42. The highest BCUT2D eigenvalue weighted by molar-refractivity contribution is 6.12. The van der Waals surface area contributed by atoms with Crippen molar-refractivity contribution in [2.75, 3.05) is 0 Å². The van der Waals surface area contributed by atoms with E-state index in [2.05, 4.69) is 364 Å². The minimum absolute atomic E-state index is 0.459. The molecule has 6 nitrogen and oxygen atoms in total. The quantitative estimate of drug-likeness (QED) is 0.136. The maximum absolute atomic E-state index is 2.45. The molecule has 0 unspecified atom stereocenters. The molecule has 0 bridgehead atoms. The lowest BCUT2D eigenvalue weighted by molar-refractivity contribution is -0.665. The first kappa shape index (κ1) is 62.6. The fourth-order valence-corrected chi connectivity index (χ4v) is 15.4. The molecule has 0 atom stereocenters. The zero-order chi connectivity index (χ0) is 66.1. The first-order chi connectivity index (χ1) is 45.2. The van der Waals surface area contributed by atoms with E-state index >= 15 is 0 Å². The second kappa shape index (κ2) is 25.0. The lowest BCUT2D eigenvalue weighted by Crippen LogP contribution is -2.34. The normalized spacial score (nSPS) is 11.6. The van der Waals surface area contributed by atoms with Crippen LogP contribution in [-0.2, 0) is 21.1 Å². The first-order valence-corrected chi connectivity index (χ1v) is 33.5. The number of fused-ring (bicyclic) bond motifs is 9. The highest BCUT2D eigenvalue weighted by Gasteiger charge is 2.29. The second-order valence-corrected chi connectivity index (χ2v) is 27.1. The third kappa shape index (κ3) is 10.8. The molecule has 468 valence electrons. The van der Waals surface area contributed by atoms with Crippen LogP contribution in [0.25, 0.3) is 116 Å². The van der Waals surface area contributed by atoms with Crippen molar-refractivity contribution >= 4 is 65.4 Å². The number of benzene rings is 9. The molecule has 0 spiro atoms. The summed E-state index contributed by atoms with van der Waals surface area (Å²) in [7, 11) is 6.48. The maximum atomic E-state index is 2.45. The summed E-state index contributed by atoms with van der Waals surface area (Å²) in [4.78, 5) is 0. The van der Waals surface area contributed by atoms with Gasteiger partial charge in [0.15, 0.2) is 0 Å². The number of rotatable bonds is 8. The third-order valence-electron chi connectivity index (χ3n) is 19.9. The summed E-state index contributed by atoms with van der Waals surface area (Å²) in [5.41, 5.74) is 31.5. The lowest BCUT2D eigenvalue weighted by Gasteiger charge is -2.21. The lowest BCUT2D eigenvalue weighted by atomic mass is 9.84. The van der Waals surface area contributed by atoms with Crippen LogP contribution in [0.1, 0.15) is 106 Å². The van der Waals surface area contributed by atoms with E-state index in [9.17, 15) is 0 Å². The topological polar surface area (TPSA) is 26.4 Å². The molecule has 6 heterocycles. The Morgan fingerprint density at radius 2 is 0.543 bits per heavy atom. The van der Waals surface area contributed by atoms with Gasteiger partial charge in [0, 0.05) is 56.1 Å². The minimum atomic E-state index is 0.459. The Labute approximate surface area is 555 Å². The molecule has 0 aliphatic heterocycles. The Balaban J connectivity index is 0.000000128. The van der Waals surface area contributed by atoms with E-state index < -0.39 is 0 Å². The zero-order valence-corrected chi connectivity index (χ0v) is 58.1. The third-order valence-corrected chi connectivity index (χ3v) is 19.9. The smallest absolute Gasteiger partial charge is 0.236 e. The highest BCUT2D eigenvalue weighted by atomic mass is 15.2. The predicted molar refractivity (Wildman–Crippen MR) is 398 cm³/mol. The number of hydrogen-bond acceptors (Lipinski definition) is 0. The van der Waals surface area contributed by atoms with Gasteiger partial charge in [-0.2, -0.15) is 13.7 Å². The van der Waals surface area contributed by atoms with Crippen LogP contribution < -0.4 is 13.7 Å². The molecule has 0 radical (unpaired) electrons. The van der Waals surface area contributed by atoms with Gasteiger partial charge in [0.25, 0.3) is 17.5 Å². The second-order valence-electron chi connectivity index (χ2n) is 27.1. The van der Waals surface area contributed by atoms with Gasteiger partial charge >= 0.3 is 0 Å². The summed E-state index contributed by atoms with van der Waals surface area (Å²) in [5, 5.41) is 7.82. The molecule has 0 N–H and O–H groups in total. The summed E-state index contributed by atoms with van der Waals surface area (Å²) in [6, 6.07) is 73.1. The molecule has 15 aromatic rings. The fraction of sp³-hybridized carbons (Fsp3) is 0.216. The molecule has 0 saturated carbocycles. The summed E-state index contributed by atoms with van der Waals surface area (Å²) >= 11 is 0. The van der Waals surface area contributed by atoms with Gasteiger partial charge in [-0.05, 0) is 230 Å². The molecule has 0 amide bonds. The standard InChI is InChI=1S/C32H35N2.2C28H27N2/c1-20(2)24-14-11-15-25(21(3)4)31(24)28-18-30(33(7)19-23(28)6)34-29-17-9-8-13-26(29)27-16-10-12-22(5)32(27)34;1-18-10-8-11-19(2)27(18)24-16-26(29(5)17-21(24)4)30-25-15-7-6-13-22(25)23-14-9-12-20(3)28(23)30;1-18-10-8-11-19(2)27(18)24-17-29(5)26(16-21(24)4)30-25-15-7-6-13-22(25)23-14-9-12-20(3)28(23)30/h8-21H,1-7H3;2*6-17H,1-5H3/q3*+1. The van der Waals surface area contributed by atoms with Crippen molar-refractivity contribution < 1.29 is 13.7 Å². The fourth-order valence-electron chi connectivity index (χ4n) is 15.4. The summed E-state index contributed by atoms with van der Waals surface area (Å²) in [5.74, 6) is 4.47. The van der Waals surface area contributed by atoms with Gasteiger partial charge in [-0.15, -0.1) is 0 Å². The molecule has 9 aromatic carbocycles. The van der Waals surface area contributed by atoms with Gasteiger partial charge in [-0.1, -0.05) is 155 Å². The number of aryl methyl sites for hydroxylation is 13. The van der Waals surface area contributed by atoms with Gasteiger partial charge in [0.05, 0.1) is 39.7 Å². The largest absolute Gasteiger partial charge is 0.287 e. The van der Waals surface area contributed by atoms with Gasteiger partial charge < -0.3 is 0 Å². The van der Waals surface area contributed by atoms with Crippen LogP contribution in [0.15, 0.2) is 219 Å². The van der Waals surface area contributed by atoms with E-state index in [0.717, 1.165) is 0 Å². The molecule has 6 heteroatoms. The molecule has 15 rings (SSSR count). The van der Waals surface area contributed by atoms with E-state index in [-0.39, 0.29) is 0 Å². The Morgan fingerprint density at radius 1 is 0.255 bits per heavy atom. The van der Waals surface area contributed by atoms with Crippen molar-refractivity contribution in [1.29, 1.82) is 0 Å². The van der Waals surface area contributed by atoms with Crippen LogP contribution in [0.2, 0.25) is 0 Å². The molecule has 0 saturated heterocycles. The number of para-hydroxylation sites is 6. The van der Waals surface area contributed by atoms with Crippen molar-refractivity contribution in [3.63, 3.8) is 0 Å². The molecule has 0 aliphatic carbocycles. The first-order valence-electron chi connectivity index (χ1n) is 33.5. The van der Waals surface area contributed by atoms with E-state index in [4.69, 9.17) is 0 Å². The average molecular weight is 1230 g/mol. The van der Waals surface area contributed by atoms with Gasteiger partial charge in [0.2, 0.25) is 0 Å². The van der Waals surface area contributed by atoms with Crippen molar-refractivity contribution in [2.45, 2.75) is 109 Å². The van der Waals surface area contributed by atoms with Crippen molar-refractivity contribution in [3.05, 3.63) is 286 Å². The van der Waals surface area contributed by atoms with Crippen molar-refractivity contribution in [3.8, 4) is 50.8 Å². The average Bonchev–Trinajstić information content (AvgIpc) is 1.61. The van der Waals surface area contributed by atoms with Crippen molar-refractivity contribution in [2.24, 2.45) is 21.1 Å². The van der Waals surface area contributed by atoms with E-state index in [1.54, 1.807) is 0 Å². The Bertz CT molecular complexity index is 5420. The van der Waals surface area contributed by atoms with Gasteiger partial charge in [0.1, 0.15) is 33.1 Å². The van der Waals surface area contributed by atoms with E-state index in [1.807, 2.05) is 0 Å². The van der Waals surface area contributed by atoms with Crippen LogP contribution in [0.5, 0.6) is 0 Å². The zero-order valence-electron chi connectivity index (χ0n) is 58.1. The molecule has 0 fully saturated rings. The number of nitrogens with zero attached hydrogens (tertiary/aromatic N) is 6. The number of pyridine rings is 3. The Kier molecular flexibility index (Phi) is 16.7. The van der Waals surface area contributed by atoms with Gasteiger partial charge in [-0.25, -0.2) is 13.7 Å². The summed E-state index contributed by atoms with van der Waals surface area (Å²) in [6.45, 7) is 31.3. The monoisotopic (exact) mass is 1230 g/mol. The maximum Gasteiger partial charge on any atom is 0.287 e. The summed E-state index contributed by atoms with van der Waals surface area (Å²) in [6.07, 6.45) is 6.85. The van der Waals surface area contributed by atoms with E-state index in [1.165, 1.54) is 183 Å². The van der Waals surface area contributed by atoms with Crippen LogP contribution in [-0.4, -0.2) is 13.7 Å². The minimum Gasteiger partial charge on any atom is -0.236 e. The molecule has 0 aliphatic rings. The van der Waals surface area contributed by atoms with Crippen LogP contribution in [0, 0.1) is 69.2 Å². The number of hydrogen-bond donors (Lipinski definition) is 0. The molecule has 94 heavy (non-hydrogen) atoms.